The molecule has 0 aromatic heterocycles. The van der Waals surface area contributed by atoms with Crippen molar-refractivity contribution >= 4 is 23.6 Å². The SMILES string of the molecule is CC(C)C[C@H](C(=O)OCC(=O)C(C)(C)C)N1C(=O)[C@@H]2C3c4ccccc4C(c4ccccc43)[C@H]2C1=O. The maximum Gasteiger partial charge on any atom is 0.329 e. The third-order valence-electron chi connectivity index (χ3n) is 7.94. The van der Waals surface area contributed by atoms with Gasteiger partial charge < -0.3 is 4.74 Å². The molecule has 6 heteroatoms. The molecule has 0 unspecified atom stereocenters. The number of imide groups is 1. The van der Waals surface area contributed by atoms with Crippen molar-refractivity contribution in [3.63, 3.8) is 0 Å². The molecule has 188 valence electrons. The number of hydrogen-bond donors (Lipinski definition) is 0. The van der Waals surface area contributed by atoms with Crippen molar-refractivity contribution in [3.05, 3.63) is 70.8 Å². The van der Waals surface area contributed by atoms with Crippen LogP contribution in [0.5, 0.6) is 0 Å². The monoisotopic (exact) mass is 487 g/mol. The number of ketones is 1. The van der Waals surface area contributed by atoms with Crippen LogP contribution in [0.2, 0.25) is 0 Å². The van der Waals surface area contributed by atoms with Gasteiger partial charge in [0.05, 0.1) is 11.8 Å². The van der Waals surface area contributed by atoms with Crippen LogP contribution in [0, 0.1) is 23.2 Å². The second kappa shape index (κ2) is 8.68. The maximum atomic E-state index is 14.0. The average molecular weight is 488 g/mol. The third-order valence-corrected chi connectivity index (χ3v) is 7.94. The van der Waals surface area contributed by atoms with Crippen molar-refractivity contribution < 1.29 is 23.9 Å². The normalized spacial score (nSPS) is 24.9. The van der Waals surface area contributed by atoms with Gasteiger partial charge >= 0.3 is 5.97 Å². The Hall–Kier alpha value is -3.28. The molecule has 1 saturated heterocycles. The fraction of sp³-hybridized carbons (Fsp3) is 0.467. The van der Waals surface area contributed by atoms with Crippen molar-refractivity contribution in [2.75, 3.05) is 6.61 Å². The molecule has 36 heavy (non-hydrogen) atoms. The van der Waals surface area contributed by atoms with Crippen LogP contribution in [0.3, 0.4) is 0 Å². The van der Waals surface area contributed by atoms with E-state index in [1.807, 2.05) is 38.1 Å². The van der Waals surface area contributed by atoms with Crippen molar-refractivity contribution in [1.29, 1.82) is 0 Å². The second-order valence-electron chi connectivity index (χ2n) is 11.7. The predicted octanol–water partition coefficient (Wildman–Crippen LogP) is 4.45. The summed E-state index contributed by atoms with van der Waals surface area (Å²) < 4.78 is 5.41. The highest BCUT2D eigenvalue weighted by atomic mass is 16.5. The van der Waals surface area contributed by atoms with Gasteiger partial charge in [-0.2, -0.15) is 0 Å². The van der Waals surface area contributed by atoms with E-state index in [-0.39, 0.29) is 48.4 Å². The number of esters is 1. The van der Waals surface area contributed by atoms with Gasteiger partial charge in [0.1, 0.15) is 6.04 Å². The largest absolute Gasteiger partial charge is 0.456 e. The van der Waals surface area contributed by atoms with E-state index in [0.717, 1.165) is 22.3 Å². The summed E-state index contributed by atoms with van der Waals surface area (Å²) >= 11 is 0. The second-order valence-corrected chi connectivity index (χ2v) is 11.7. The number of likely N-dealkylation sites (tertiary alicyclic amines) is 1. The number of nitrogens with zero attached hydrogens (tertiary/aromatic N) is 1. The van der Waals surface area contributed by atoms with Crippen molar-refractivity contribution in [2.24, 2.45) is 23.2 Å². The Morgan fingerprint density at radius 2 is 1.25 bits per heavy atom. The Morgan fingerprint density at radius 3 is 1.61 bits per heavy atom. The summed E-state index contributed by atoms with van der Waals surface area (Å²) in [7, 11) is 0. The van der Waals surface area contributed by atoms with Crippen LogP contribution in [-0.4, -0.2) is 41.1 Å². The lowest BCUT2D eigenvalue weighted by Crippen LogP contribution is -2.47. The molecule has 2 amide bonds. The van der Waals surface area contributed by atoms with E-state index in [4.69, 9.17) is 4.74 Å². The van der Waals surface area contributed by atoms with E-state index < -0.39 is 29.3 Å². The van der Waals surface area contributed by atoms with E-state index in [1.54, 1.807) is 20.8 Å². The number of hydrogen-bond acceptors (Lipinski definition) is 5. The van der Waals surface area contributed by atoms with E-state index in [0.29, 0.717) is 0 Å². The topological polar surface area (TPSA) is 80.8 Å². The molecule has 0 N–H and O–H groups in total. The molecule has 0 spiro atoms. The molecule has 3 aliphatic carbocycles. The quantitative estimate of drug-likeness (QED) is 0.444. The number of benzene rings is 2. The van der Waals surface area contributed by atoms with Crippen LogP contribution in [0.15, 0.2) is 48.5 Å². The maximum absolute atomic E-state index is 14.0. The first-order chi connectivity index (χ1) is 17.0. The van der Waals surface area contributed by atoms with E-state index in [1.165, 1.54) is 4.90 Å². The summed E-state index contributed by atoms with van der Waals surface area (Å²) in [6.07, 6.45) is 0.286. The number of rotatable bonds is 6. The summed E-state index contributed by atoms with van der Waals surface area (Å²) in [6.45, 7) is 8.79. The van der Waals surface area contributed by atoms with Gasteiger partial charge in [0.2, 0.25) is 11.8 Å². The van der Waals surface area contributed by atoms with Gasteiger partial charge in [0, 0.05) is 17.3 Å². The Labute approximate surface area is 212 Å². The first-order valence-corrected chi connectivity index (χ1v) is 12.8. The third kappa shape index (κ3) is 3.69. The molecule has 6 nitrogen and oxygen atoms in total. The summed E-state index contributed by atoms with van der Waals surface area (Å²) in [5.41, 5.74) is 3.69. The Bertz CT molecular complexity index is 1140. The Morgan fingerprint density at radius 1 is 0.833 bits per heavy atom. The molecule has 2 aromatic carbocycles. The number of amides is 2. The van der Waals surface area contributed by atoms with Gasteiger partial charge in [-0.05, 0) is 34.6 Å². The van der Waals surface area contributed by atoms with Crippen LogP contribution in [0.1, 0.15) is 75.1 Å². The van der Waals surface area contributed by atoms with Crippen LogP contribution in [0.4, 0.5) is 0 Å². The fourth-order valence-corrected chi connectivity index (χ4v) is 6.21. The summed E-state index contributed by atoms with van der Waals surface area (Å²) in [6, 6.07) is 15.1. The Kier molecular flexibility index (Phi) is 5.89. The van der Waals surface area contributed by atoms with Crippen molar-refractivity contribution in [3.8, 4) is 0 Å². The molecule has 6 rings (SSSR count). The molecule has 1 aliphatic heterocycles. The minimum Gasteiger partial charge on any atom is -0.456 e. The smallest absolute Gasteiger partial charge is 0.329 e. The highest BCUT2D eigenvalue weighted by Gasteiger charge is 2.63. The molecule has 2 bridgehead atoms. The zero-order chi connectivity index (χ0) is 25.9. The summed E-state index contributed by atoms with van der Waals surface area (Å²) in [5.74, 6) is -3.05. The molecule has 1 fully saturated rings. The fourth-order valence-electron chi connectivity index (χ4n) is 6.21. The molecule has 0 radical (unpaired) electrons. The van der Waals surface area contributed by atoms with Crippen molar-refractivity contribution in [1.82, 2.24) is 4.90 Å². The molecule has 0 saturated carbocycles. The molecular weight excluding hydrogens is 454 g/mol. The van der Waals surface area contributed by atoms with Gasteiger partial charge in [-0.25, -0.2) is 4.79 Å². The molecular formula is C30H33NO5. The number of carbonyl (C=O) groups is 4. The van der Waals surface area contributed by atoms with Gasteiger partial charge in [0.15, 0.2) is 12.4 Å². The van der Waals surface area contributed by atoms with Crippen LogP contribution < -0.4 is 0 Å². The number of ether oxygens (including phenoxy) is 1. The lowest BCUT2D eigenvalue weighted by molar-refractivity contribution is -0.161. The first-order valence-electron chi connectivity index (χ1n) is 12.8. The van der Waals surface area contributed by atoms with Crippen LogP contribution in [0.25, 0.3) is 0 Å². The standard InChI is InChI=1S/C30H33NO5/c1-16(2)14-21(29(35)36-15-22(32)30(3,4)5)31-27(33)25-23-17-10-6-7-11-18(17)24(26(25)28(31)34)20-13-9-8-12-19(20)23/h6-13,16,21,23-26H,14-15H2,1-5H3/t21-,23?,24?,25-,26-/m1/s1. The van der Waals surface area contributed by atoms with E-state index >= 15 is 0 Å². The lowest BCUT2D eigenvalue weighted by atomic mass is 9.55. The lowest BCUT2D eigenvalue weighted by Gasteiger charge is -2.45. The van der Waals surface area contributed by atoms with Gasteiger partial charge in [-0.15, -0.1) is 0 Å². The molecule has 4 aliphatic rings. The summed E-state index contributed by atoms with van der Waals surface area (Å²) in [4.78, 5) is 54.9. The van der Waals surface area contributed by atoms with Gasteiger partial charge in [-0.3, -0.25) is 19.3 Å². The molecule has 1 heterocycles. The molecule has 2 aromatic rings. The van der Waals surface area contributed by atoms with E-state index in [2.05, 4.69) is 24.3 Å². The van der Waals surface area contributed by atoms with E-state index in [9.17, 15) is 19.2 Å². The van der Waals surface area contributed by atoms with Gasteiger partial charge in [-0.1, -0.05) is 83.1 Å². The minimum absolute atomic E-state index is 0.0372. The average Bonchev–Trinajstić information content (AvgIpc) is 3.10. The highest BCUT2D eigenvalue weighted by molar-refractivity contribution is 6.10. The summed E-state index contributed by atoms with van der Waals surface area (Å²) in [5, 5.41) is 0. The van der Waals surface area contributed by atoms with Crippen LogP contribution >= 0.6 is 0 Å². The van der Waals surface area contributed by atoms with Gasteiger partial charge in [0.25, 0.3) is 0 Å². The molecule has 3 atom stereocenters. The van der Waals surface area contributed by atoms with Crippen LogP contribution in [-0.2, 0) is 23.9 Å². The highest BCUT2D eigenvalue weighted by Crippen LogP contribution is 2.61. The predicted molar refractivity (Wildman–Crippen MR) is 134 cm³/mol. The Balaban J connectivity index is 1.52. The number of carbonyl (C=O) groups excluding carboxylic acids is 4. The number of Topliss-reactive ketones (excluding diaryl/α,β-unsaturated/α-hetero) is 1. The minimum atomic E-state index is -1.05. The zero-order valence-electron chi connectivity index (χ0n) is 21.5. The zero-order valence-corrected chi connectivity index (χ0v) is 21.5. The first kappa shape index (κ1) is 24.4. The van der Waals surface area contributed by atoms with Crippen molar-refractivity contribution in [2.45, 2.75) is 58.9 Å².